The van der Waals surface area contributed by atoms with Crippen molar-refractivity contribution in [2.45, 2.75) is 32.1 Å². The highest BCUT2D eigenvalue weighted by molar-refractivity contribution is 6.29. The van der Waals surface area contributed by atoms with Gasteiger partial charge in [-0.15, -0.1) is 0 Å². The van der Waals surface area contributed by atoms with Crippen LogP contribution in [-0.4, -0.2) is 9.97 Å². The van der Waals surface area contributed by atoms with Crippen LogP contribution in [0.15, 0.2) is 30.3 Å². The number of aromatic nitrogens is 2. The van der Waals surface area contributed by atoms with Crippen molar-refractivity contribution in [1.29, 1.82) is 0 Å². The Bertz CT molecular complexity index is 576. The van der Waals surface area contributed by atoms with E-state index in [0.29, 0.717) is 11.1 Å². The Morgan fingerprint density at radius 3 is 2.72 bits per heavy atom. The van der Waals surface area contributed by atoms with Crippen LogP contribution in [0, 0.1) is 0 Å². The molecular formula is C15H15ClN2. The number of hydrogen-bond donors (Lipinski definition) is 0. The van der Waals surface area contributed by atoms with E-state index >= 15 is 0 Å². The summed E-state index contributed by atoms with van der Waals surface area (Å²) in [6.07, 6.45) is 3.43. The number of benzene rings is 1. The van der Waals surface area contributed by atoms with Crippen molar-refractivity contribution in [2.24, 2.45) is 0 Å². The third-order valence-corrected chi connectivity index (χ3v) is 3.52. The minimum Gasteiger partial charge on any atom is -0.233 e. The summed E-state index contributed by atoms with van der Waals surface area (Å²) in [7, 11) is 0. The third kappa shape index (κ3) is 2.25. The van der Waals surface area contributed by atoms with E-state index in [1.807, 2.05) is 12.1 Å². The van der Waals surface area contributed by atoms with Crippen LogP contribution in [0.25, 0.3) is 11.4 Å². The minimum absolute atomic E-state index is 0.530. The van der Waals surface area contributed by atoms with Gasteiger partial charge in [0.1, 0.15) is 5.15 Å². The molecule has 1 fully saturated rings. The first-order valence-electron chi connectivity index (χ1n) is 6.40. The Labute approximate surface area is 112 Å². The summed E-state index contributed by atoms with van der Waals surface area (Å²) < 4.78 is 0. The molecule has 0 aliphatic heterocycles. The normalized spacial score (nSPS) is 14.8. The first-order chi connectivity index (χ1) is 8.78. The molecule has 0 amide bonds. The van der Waals surface area contributed by atoms with E-state index in [4.69, 9.17) is 11.6 Å². The molecule has 1 aromatic carbocycles. The van der Waals surface area contributed by atoms with Gasteiger partial charge >= 0.3 is 0 Å². The fourth-order valence-electron chi connectivity index (χ4n) is 2.22. The Morgan fingerprint density at radius 2 is 2.00 bits per heavy atom. The maximum Gasteiger partial charge on any atom is 0.161 e. The third-order valence-electron chi connectivity index (χ3n) is 3.33. The molecule has 3 rings (SSSR count). The van der Waals surface area contributed by atoms with E-state index < -0.39 is 0 Å². The van der Waals surface area contributed by atoms with E-state index in [1.165, 1.54) is 18.4 Å². The molecule has 0 spiro atoms. The highest BCUT2D eigenvalue weighted by Crippen LogP contribution is 2.43. The van der Waals surface area contributed by atoms with Crippen molar-refractivity contribution in [3.63, 3.8) is 0 Å². The van der Waals surface area contributed by atoms with Crippen molar-refractivity contribution in [3.05, 3.63) is 46.7 Å². The zero-order valence-electron chi connectivity index (χ0n) is 10.4. The van der Waals surface area contributed by atoms with Crippen LogP contribution in [0.3, 0.4) is 0 Å². The lowest BCUT2D eigenvalue weighted by molar-refractivity contribution is 0.999. The van der Waals surface area contributed by atoms with Crippen LogP contribution in [0.5, 0.6) is 0 Å². The molecule has 0 bridgehead atoms. The summed E-state index contributed by atoms with van der Waals surface area (Å²) in [6, 6.07) is 10.2. The quantitative estimate of drug-likeness (QED) is 0.770. The average molecular weight is 259 g/mol. The Kier molecular flexibility index (Phi) is 3.04. The van der Waals surface area contributed by atoms with Crippen LogP contribution in [-0.2, 0) is 6.42 Å². The standard InChI is InChI=1S/C15H15ClN2/c1-2-11-9-14(16)18-15(17-11)13-6-4-3-5-12(13)10-7-8-10/h3-6,9-10H,2,7-8H2,1H3. The predicted octanol–water partition coefficient (Wildman–Crippen LogP) is 4.24. The summed E-state index contributed by atoms with van der Waals surface area (Å²) in [4.78, 5) is 8.97. The highest BCUT2D eigenvalue weighted by Gasteiger charge is 2.26. The molecule has 1 aliphatic rings. The van der Waals surface area contributed by atoms with Gasteiger partial charge in [0.15, 0.2) is 5.82 Å². The lowest BCUT2D eigenvalue weighted by atomic mass is 10.0. The zero-order chi connectivity index (χ0) is 12.5. The Hall–Kier alpha value is -1.41. The van der Waals surface area contributed by atoms with Crippen molar-refractivity contribution < 1.29 is 0 Å². The van der Waals surface area contributed by atoms with E-state index in [-0.39, 0.29) is 0 Å². The predicted molar refractivity (Wildman–Crippen MR) is 73.8 cm³/mol. The number of hydrogen-bond acceptors (Lipinski definition) is 2. The summed E-state index contributed by atoms with van der Waals surface area (Å²) in [6.45, 7) is 2.08. The molecule has 0 unspecified atom stereocenters. The monoisotopic (exact) mass is 258 g/mol. The van der Waals surface area contributed by atoms with Gasteiger partial charge in [0.2, 0.25) is 0 Å². The van der Waals surface area contributed by atoms with Crippen molar-refractivity contribution in [3.8, 4) is 11.4 Å². The zero-order valence-corrected chi connectivity index (χ0v) is 11.1. The maximum absolute atomic E-state index is 6.08. The van der Waals surface area contributed by atoms with Gasteiger partial charge < -0.3 is 0 Å². The smallest absolute Gasteiger partial charge is 0.161 e. The number of halogens is 1. The lowest BCUT2D eigenvalue weighted by Crippen LogP contribution is -1.97. The molecule has 18 heavy (non-hydrogen) atoms. The number of nitrogens with zero attached hydrogens (tertiary/aromatic N) is 2. The fraction of sp³-hybridized carbons (Fsp3) is 0.333. The second kappa shape index (κ2) is 4.69. The molecule has 0 N–H and O–H groups in total. The van der Waals surface area contributed by atoms with Gasteiger partial charge in [0.25, 0.3) is 0 Å². The lowest BCUT2D eigenvalue weighted by Gasteiger charge is -2.08. The first kappa shape index (κ1) is 11.7. The van der Waals surface area contributed by atoms with Crippen LogP contribution >= 0.6 is 11.6 Å². The highest BCUT2D eigenvalue weighted by atomic mass is 35.5. The molecule has 1 heterocycles. The van der Waals surface area contributed by atoms with Crippen LogP contribution < -0.4 is 0 Å². The largest absolute Gasteiger partial charge is 0.233 e. The van der Waals surface area contributed by atoms with E-state index in [2.05, 4.69) is 35.1 Å². The topological polar surface area (TPSA) is 25.8 Å². The molecule has 0 atom stereocenters. The number of aryl methyl sites for hydroxylation is 1. The molecule has 0 saturated heterocycles. The second-order valence-electron chi connectivity index (χ2n) is 4.72. The van der Waals surface area contributed by atoms with Gasteiger partial charge in [0, 0.05) is 11.3 Å². The molecule has 2 aromatic rings. The summed E-state index contributed by atoms with van der Waals surface area (Å²) in [5, 5.41) is 0.530. The SMILES string of the molecule is CCc1cc(Cl)nc(-c2ccccc2C2CC2)n1. The van der Waals surface area contributed by atoms with Crippen molar-refractivity contribution >= 4 is 11.6 Å². The summed E-state index contributed by atoms with van der Waals surface area (Å²) in [5.41, 5.74) is 3.50. The Balaban J connectivity index is 2.11. The van der Waals surface area contributed by atoms with Crippen molar-refractivity contribution in [2.75, 3.05) is 0 Å². The van der Waals surface area contributed by atoms with E-state index in [0.717, 1.165) is 23.5 Å². The van der Waals surface area contributed by atoms with Gasteiger partial charge in [-0.1, -0.05) is 42.8 Å². The fourth-order valence-corrected chi connectivity index (χ4v) is 2.42. The van der Waals surface area contributed by atoms with Gasteiger partial charge in [-0.25, -0.2) is 9.97 Å². The molecule has 1 aromatic heterocycles. The van der Waals surface area contributed by atoms with Crippen molar-refractivity contribution in [1.82, 2.24) is 9.97 Å². The molecule has 0 radical (unpaired) electrons. The minimum atomic E-state index is 0.530. The van der Waals surface area contributed by atoms with Gasteiger partial charge in [-0.05, 0) is 36.8 Å². The molecule has 2 nitrogen and oxygen atoms in total. The average Bonchev–Trinajstić information content (AvgIpc) is 3.22. The van der Waals surface area contributed by atoms with Crippen LogP contribution in [0.4, 0.5) is 0 Å². The molecular weight excluding hydrogens is 244 g/mol. The van der Waals surface area contributed by atoms with E-state index in [9.17, 15) is 0 Å². The molecule has 92 valence electrons. The van der Waals surface area contributed by atoms with Crippen LogP contribution in [0.1, 0.15) is 36.9 Å². The molecule has 1 aliphatic carbocycles. The number of rotatable bonds is 3. The maximum atomic E-state index is 6.08. The second-order valence-corrected chi connectivity index (χ2v) is 5.11. The Morgan fingerprint density at radius 1 is 1.22 bits per heavy atom. The van der Waals surface area contributed by atoms with Gasteiger partial charge in [0.05, 0.1) is 0 Å². The molecule has 1 saturated carbocycles. The van der Waals surface area contributed by atoms with E-state index in [1.54, 1.807) is 0 Å². The summed E-state index contributed by atoms with van der Waals surface area (Å²) in [5.74, 6) is 1.45. The van der Waals surface area contributed by atoms with Crippen LogP contribution in [0.2, 0.25) is 5.15 Å². The van der Waals surface area contributed by atoms with Gasteiger partial charge in [-0.2, -0.15) is 0 Å². The van der Waals surface area contributed by atoms with Gasteiger partial charge in [-0.3, -0.25) is 0 Å². The molecule has 3 heteroatoms. The summed E-state index contributed by atoms with van der Waals surface area (Å²) >= 11 is 6.08. The first-order valence-corrected chi connectivity index (χ1v) is 6.78.